The fourth-order valence-corrected chi connectivity index (χ4v) is 1.95. The van der Waals surface area contributed by atoms with Gasteiger partial charge in [-0.1, -0.05) is 46.8 Å². The zero-order valence-corrected chi connectivity index (χ0v) is 13.9. The maximum Gasteiger partial charge on any atom is 0.227 e. The van der Waals surface area contributed by atoms with Crippen molar-refractivity contribution in [2.75, 3.05) is 6.61 Å². The number of benzene rings is 1. The number of hydrogen-bond donors (Lipinski definition) is 0. The molecule has 1 aromatic rings. The normalized spacial score (nSPS) is 12.3. The van der Waals surface area contributed by atoms with Crippen molar-refractivity contribution in [2.24, 2.45) is 5.41 Å². The Morgan fingerprint density at radius 3 is 2.10 bits per heavy atom. The smallest absolute Gasteiger partial charge is 0.227 e. The second-order valence-electron chi connectivity index (χ2n) is 6.88. The molecule has 0 unspecified atom stereocenters. The summed E-state index contributed by atoms with van der Waals surface area (Å²) in [6, 6.07) is 8.19. The molecule has 0 saturated carbocycles. The number of carbonyl (C=O) groups excluding carboxylic acids is 1. The van der Waals surface area contributed by atoms with Crippen molar-refractivity contribution in [1.29, 1.82) is 0 Å². The zero-order chi connectivity index (χ0) is 15.4. The molecular weight excluding hydrogens is 272 g/mol. The number of rotatable bonds is 6. The molecule has 0 aliphatic rings. The van der Waals surface area contributed by atoms with Gasteiger partial charge in [0.1, 0.15) is 5.75 Å². The Balaban J connectivity index is 2.42. The Labute approximate surface area is 127 Å². The monoisotopic (exact) mass is 296 g/mol. The second kappa shape index (κ2) is 6.62. The van der Waals surface area contributed by atoms with Crippen molar-refractivity contribution in [2.45, 2.75) is 52.9 Å². The van der Waals surface area contributed by atoms with Crippen LogP contribution in [-0.2, 0) is 10.2 Å². The third-order valence-corrected chi connectivity index (χ3v) is 3.98. The van der Waals surface area contributed by atoms with E-state index < -0.39 is 5.41 Å². The lowest BCUT2D eigenvalue weighted by molar-refractivity contribution is -0.119. The van der Waals surface area contributed by atoms with Crippen LogP contribution < -0.4 is 4.74 Å². The molecular formula is C17H25ClO2. The van der Waals surface area contributed by atoms with Crippen LogP contribution in [-0.4, -0.2) is 11.8 Å². The predicted octanol–water partition coefficient (Wildman–Crippen LogP) is 4.93. The SMILES string of the molecule is CC(C)(CCCOc1ccc(C(C)(C)C)cc1)C(=O)Cl. The average molecular weight is 297 g/mol. The van der Waals surface area contributed by atoms with E-state index in [0.29, 0.717) is 6.61 Å². The molecule has 2 nitrogen and oxygen atoms in total. The maximum absolute atomic E-state index is 11.2. The highest BCUT2D eigenvalue weighted by molar-refractivity contribution is 6.64. The molecule has 20 heavy (non-hydrogen) atoms. The van der Waals surface area contributed by atoms with Crippen LogP contribution in [0.4, 0.5) is 0 Å². The van der Waals surface area contributed by atoms with Crippen LogP contribution in [0.5, 0.6) is 5.75 Å². The van der Waals surface area contributed by atoms with Crippen LogP contribution in [0.25, 0.3) is 0 Å². The van der Waals surface area contributed by atoms with Crippen LogP contribution in [0, 0.1) is 5.41 Å². The third-order valence-electron chi connectivity index (χ3n) is 3.47. The minimum atomic E-state index is -0.471. The largest absolute Gasteiger partial charge is 0.494 e. The van der Waals surface area contributed by atoms with Crippen molar-refractivity contribution >= 4 is 16.8 Å². The van der Waals surface area contributed by atoms with Crippen molar-refractivity contribution in [3.05, 3.63) is 29.8 Å². The van der Waals surface area contributed by atoms with Gasteiger partial charge >= 0.3 is 0 Å². The van der Waals surface area contributed by atoms with Crippen LogP contribution in [0.1, 0.15) is 53.0 Å². The van der Waals surface area contributed by atoms with Gasteiger partial charge in [0.2, 0.25) is 5.24 Å². The van der Waals surface area contributed by atoms with Gasteiger partial charge in [0.05, 0.1) is 6.61 Å². The van der Waals surface area contributed by atoms with Gasteiger partial charge in [-0.25, -0.2) is 0 Å². The van der Waals surface area contributed by atoms with E-state index in [1.807, 2.05) is 26.0 Å². The van der Waals surface area contributed by atoms with E-state index >= 15 is 0 Å². The van der Waals surface area contributed by atoms with Crippen molar-refractivity contribution in [3.63, 3.8) is 0 Å². The quantitative estimate of drug-likeness (QED) is 0.549. The van der Waals surface area contributed by atoms with E-state index in [2.05, 4.69) is 32.9 Å². The fraction of sp³-hybridized carbons (Fsp3) is 0.588. The van der Waals surface area contributed by atoms with E-state index in [-0.39, 0.29) is 10.7 Å². The topological polar surface area (TPSA) is 26.3 Å². The third kappa shape index (κ3) is 5.16. The Morgan fingerprint density at radius 1 is 1.10 bits per heavy atom. The summed E-state index contributed by atoms with van der Waals surface area (Å²) in [5.74, 6) is 0.869. The Kier molecular flexibility index (Phi) is 5.64. The number of ether oxygens (including phenoxy) is 1. The van der Waals surface area contributed by atoms with E-state index in [1.54, 1.807) is 0 Å². The molecule has 0 amide bonds. The molecule has 0 fully saturated rings. The summed E-state index contributed by atoms with van der Waals surface area (Å²) in [5.41, 5.74) is 0.975. The molecule has 1 rings (SSSR count). The highest BCUT2D eigenvalue weighted by Gasteiger charge is 2.24. The molecule has 0 radical (unpaired) electrons. The number of carbonyl (C=O) groups is 1. The first-order valence-corrected chi connectivity index (χ1v) is 7.44. The molecule has 0 spiro atoms. The first kappa shape index (κ1) is 17.0. The lowest BCUT2D eigenvalue weighted by atomic mass is 9.87. The van der Waals surface area contributed by atoms with Gasteiger partial charge in [0, 0.05) is 5.41 Å². The summed E-state index contributed by atoms with van der Waals surface area (Å²) >= 11 is 5.55. The van der Waals surface area contributed by atoms with Gasteiger partial charge < -0.3 is 4.74 Å². The van der Waals surface area contributed by atoms with E-state index in [0.717, 1.165) is 18.6 Å². The van der Waals surface area contributed by atoms with Gasteiger partial charge in [-0.3, -0.25) is 4.79 Å². The van der Waals surface area contributed by atoms with Gasteiger partial charge in [0.15, 0.2) is 0 Å². The summed E-state index contributed by atoms with van der Waals surface area (Å²) in [7, 11) is 0. The molecule has 0 heterocycles. The maximum atomic E-state index is 11.2. The highest BCUT2D eigenvalue weighted by Crippen LogP contribution is 2.26. The van der Waals surface area contributed by atoms with Crippen LogP contribution in [0.15, 0.2) is 24.3 Å². The van der Waals surface area contributed by atoms with Crippen LogP contribution >= 0.6 is 11.6 Å². The molecule has 112 valence electrons. The van der Waals surface area contributed by atoms with Crippen molar-refractivity contribution in [1.82, 2.24) is 0 Å². The highest BCUT2D eigenvalue weighted by atomic mass is 35.5. The van der Waals surface area contributed by atoms with E-state index in [1.165, 1.54) is 5.56 Å². The van der Waals surface area contributed by atoms with Gasteiger partial charge in [0.25, 0.3) is 0 Å². The number of hydrogen-bond acceptors (Lipinski definition) is 2. The first-order valence-electron chi connectivity index (χ1n) is 7.06. The summed E-state index contributed by atoms with van der Waals surface area (Å²) in [6.07, 6.45) is 1.54. The van der Waals surface area contributed by atoms with E-state index in [4.69, 9.17) is 16.3 Å². The number of halogens is 1. The van der Waals surface area contributed by atoms with E-state index in [9.17, 15) is 4.79 Å². The minimum absolute atomic E-state index is 0.156. The molecule has 0 aromatic heterocycles. The molecule has 0 aliphatic heterocycles. The Bertz CT molecular complexity index is 441. The van der Waals surface area contributed by atoms with Crippen LogP contribution in [0.2, 0.25) is 0 Å². The Morgan fingerprint density at radius 2 is 1.65 bits per heavy atom. The predicted molar refractivity (Wildman–Crippen MR) is 84.5 cm³/mol. The average Bonchev–Trinajstić information content (AvgIpc) is 2.34. The van der Waals surface area contributed by atoms with Crippen molar-refractivity contribution < 1.29 is 9.53 Å². The molecule has 0 aliphatic carbocycles. The summed E-state index contributed by atoms with van der Waals surface area (Å²) in [5, 5.41) is -0.285. The van der Waals surface area contributed by atoms with Gasteiger partial charge in [-0.2, -0.15) is 0 Å². The van der Waals surface area contributed by atoms with Gasteiger partial charge in [-0.05, 0) is 47.6 Å². The summed E-state index contributed by atoms with van der Waals surface area (Å²) in [6.45, 7) is 10.9. The first-order chi connectivity index (χ1) is 9.13. The zero-order valence-electron chi connectivity index (χ0n) is 13.1. The standard InChI is InChI=1S/C17H25ClO2/c1-16(2,3)13-7-9-14(10-8-13)20-12-6-11-17(4,5)15(18)19/h7-10H,6,11-12H2,1-5H3. The molecule has 0 saturated heterocycles. The molecule has 0 atom stereocenters. The fourth-order valence-electron chi connectivity index (χ4n) is 1.85. The second-order valence-corrected chi connectivity index (χ2v) is 7.23. The molecule has 0 N–H and O–H groups in total. The summed E-state index contributed by atoms with van der Waals surface area (Å²) < 4.78 is 5.69. The van der Waals surface area contributed by atoms with Crippen molar-refractivity contribution in [3.8, 4) is 5.75 Å². The molecule has 3 heteroatoms. The Hall–Kier alpha value is -1.02. The lowest BCUT2D eigenvalue weighted by Gasteiger charge is -2.20. The molecule has 0 bridgehead atoms. The van der Waals surface area contributed by atoms with Crippen LogP contribution in [0.3, 0.4) is 0 Å². The lowest BCUT2D eigenvalue weighted by Crippen LogP contribution is -2.20. The molecule has 1 aromatic carbocycles. The van der Waals surface area contributed by atoms with Gasteiger partial charge in [-0.15, -0.1) is 0 Å². The summed E-state index contributed by atoms with van der Waals surface area (Å²) in [4.78, 5) is 11.2. The minimum Gasteiger partial charge on any atom is -0.494 e.